The van der Waals surface area contributed by atoms with Crippen LogP contribution in [0.5, 0.6) is 0 Å². The van der Waals surface area contributed by atoms with Gasteiger partial charge in [-0.05, 0) is 37.6 Å². The van der Waals surface area contributed by atoms with Crippen LogP contribution in [0.1, 0.15) is 52.4 Å². The molecule has 3 unspecified atom stereocenters. The maximum atomic E-state index is 11.5. The molecule has 1 saturated carbocycles. The van der Waals surface area contributed by atoms with Gasteiger partial charge in [0.1, 0.15) is 0 Å². The van der Waals surface area contributed by atoms with Gasteiger partial charge in [-0.15, -0.1) is 0 Å². The summed E-state index contributed by atoms with van der Waals surface area (Å²) in [6, 6.07) is 0.300. The Hall–Kier alpha value is -0.570. The highest BCUT2D eigenvalue weighted by Crippen LogP contribution is 2.33. The van der Waals surface area contributed by atoms with Crippen molar-refractivity contribution in [1.82, 2.24) is 4.90 Å². The van der Waals surface area contributed by atoms with Crippen molar-refractivity contribution in [2.75, 3.05) is 13.1 Å². The molecule has 0 aromatic heterocycles. The number of carbonyl (C=O) groups is 1. The van der Waals surface area contributed by atoms with E-state index in [-0.39, 0.29) is 5.92 Å². The van der Waals surface area contributed by atoms with E-state index in [9.17, 15) is 9.90 Å². The molecule has 0 aromatic rings. The lowest BCUT2D eigenvalue weighted by molar-refractivity contribution is -0.144. The van der Waals surface area contributed by atoms with E-state index in [1.165, 1.54) is 19.3 Å². The molecule has 3 atom stereocenters. The van der Waals surface area contributed by atoms with Gasteiger partial charge in [0.25, 0.3) is 0 Å². The molecule has 0 spiro atoms. The first-order valence-corrected chi connectivity index (χ1v) is 7.56. The SMILES string of the molecule is CC(C)C1CCN(C2CCCCCC2C(=O)O)C1. The second-order valence-corrected chi connectivity index (χ2v) is 6.44. The topological polar surface area (TPSA) is 40.5 Å². The Balaban J connectivity index is 2.02. The van der Waals surface area contributed by atoms with Crippen LogP contribution in [0.2, 0.25) is 0 Å². The van der Waals surface area contributed by atoms with Crippen LogP contribution in [0.25, 0.3) is 0 Å². The van der Waals surface area contributed by atoms with Crippen LogP contribution in [0, 0.1) is 17.8 Å². The number of hydrogen-bond acceptors (Lipinski definition) is 2. The van der Waals surface area contributed by atoms with Crippen LogP contribution in [0.15, 0.2) is 0 Å². The summed E-state index contributed by atoms with van der Waals surface area (Å²) in [4.78, 5) is 13.9. The van der Waals surface area contributed by atoms with Crippen molar-refractivity contribution in [2.45, 2.75) is 58.4 Å². The van der Waals surface area contributed by atoms with Crippen molar-refractivity contribution in [2.24, 2.45) is 17.8 Å². The van der Waals surface area contributed by atoms with E-state index in [0.29, 0.717) is 6.04 Å². The van der Waals surface area contributed by atoms with E-state index >= 15 is 0 Å². The molecule has 1 N–H and O–H groups in total. The van der Waals surface area contributed by atoms with Crippen molar-refractivity contribution >= 4 is 5.97 Å². The second kappa shape index (κ2) is 6.05. The normalized spacial score (nSPS) is 34.7. The van der Waals surface area contributed by atoms with Crippen LogP contribution in [-0.4, -0.2) is 35.1 Å². The Morgan fingerprint density at radius 1 is 1.17 bits per heavy atom. The molecule has 3 heteroatoms. The Morgan fingerprint density at radius 2 is 1.89 bits per heavy atom. The zero-order valence-corrected chi connectivity index (χ0v) is 11.8. The monoisotopic (exact) mass is 253 g/mol. The van der Waals surface area contributed by atoms with E-state index in [1.54, 1.807) is 0 Å². The summed E-state index contributed by atoms with van der Waals surface area (Å²) in [6.07, 6.45) is 6.72. The first kappa shape index (κ1) is 13.9. The van der Waals surface area contributed by atoms with Gasteiger partial charge in [0.05, 0.1) is 5.92 Å². The summed E-state index contributed by atoms with van der Waals surface area (Å²) in [5, 5.41) is 9.44. The van der Waals surface area contributed by atoms with Crippen LogP contribution >= 0.6 is 0 Å². The molecule has 2 rings (SSSR count). The van der Waals surface area contributed by atoms with Crippen LogP contribution < -0.4 is 0 Å². The predicted molar refractivity (Wildman–Crippen MR) is 72.5 cm³/mol. The largest absolute Gasteiger partial charge is 0.481 e. The van der Waals surface area contributed by atoms with Gasteiger partial charge in [-0.2, -0.15) is 0 Å². The van der Waals surface area contributed by atoms with Gasteiger partial charge < -0.3 is 5.11 Å². The summed E-state index contributed by atoms with van der Waals surface area (Å²) in [6.45, 7) is 6.80. The van der Waals surface area contributed by atoms with Crippen molar-refractivity contribution in [3.63, 3.8) is 0 Å². The van der Waals surface area contributed by atoms with E-state index in [0.717, 1.165) is 44.2 Å². The van der Waals surface area contributed by atoms with E-state index in [1.807, 2.05) is 0 Å². The second-order valence-electron chi connectivity index (χ2n) is 6.44. The third kappa shape index (κ3) is 3.05. The molecule has 2 fully saturated rings. The summed E-state index contributed by atoms with van der Waals surface area (Å²) in [5.74, 6) is 0.792. The van der Waals surface area contributed by atoms with Gasteiger partial charge in [0.2, 0.25) is 0 Å². The van der Waals surface area contributed by atoms with Crippen LogP contribution in [0.4, 0.5) is 0 Å². The van der Waals surface area contributed by atoms with Gasteiger partial charge in [0.15, 0.2) is 0 Å². The molecule has 104 valence electrons. The molecule has 0 bridgehead atoms. The number of likely N-dealkylation sites (tertiary alicyclic amines) is 1. The van der Waals surface area contributed by atoms with E-state index < -0.39 is 5.97 Å². The molecule has 1 aliphatic carbocycles. The maximum Gasteiger partial charge on any atom is 0.308 e. The van der Waals surface area contributed by atoms with Crippen molar-refractivity contribution in [1.29, 1.82) is 0 Å². The molecular weight excluding hydrogens is 226 g/mol. The molecule has 18 heavy (non-hydrogen) atoms. The van der Waals surface area contributed by atoms with Crippen LogP contribution in [0.3, 0.4) is 0 Å². The minimum Gasteiger partial charge on any atom is -0.481 e. The average molecular weight is 253 g/mol. The maximum absolute atomic E-state index is 11.5. The Kier molecular flexibility index (Phi) is 4.66. The quantitative estimate of drug-likeness (QED) is 0.786. The highest BCUT2D eigenvalue weighted by atomic mass is 16.4. The molecule has 1 heterocycles. The molecule has 1 saturated heterocycles. The molecule has 3 nitrogen and oxygen atoms in total. The fraction of sp³-hybridized carbons (Fsp3) is 0.933. The van der Waals surface area contributed by atoms with Crippen molar-refractivity contribution in [3.05, 3.63) is 0 Å². The molecule has 0 aromatic carbocycles. The van der Waals surface area contributed by atoms with Gasteiger partial charge in [-0.3, -0.25) is 9.69 Å². The molecule has 0 radical (unpaired) electrons. The lowest BCUT2D eigenvalue weighted by Crippen LogP contribution is -2.42. The van der Waals surface area contributed by atoms with E-state index in [2.05, 4.69) is 18.7 Å². The highest BCUT2D eigenvalue weighted by Gasteiger charge is 2.37. The number of nitrogens with zero attached hydrogens (tertiary/aromatic N) is 1. The highest BCUT2D eigenvalue weighted by molar-refractivity contribution is 5.70. The van der Waals surface area contributed by atoms with Crippen molar-refractivity contribution < 1.29 is 9.90 Å². The zero-order valence-electron chi connectivity index (χ0n) is 11.8. The molecule has 1 aliphatic heterocycles. The lowest BCUT2D eigenvalue weighted by Gasteiger charge is -2.31. The molecular formula is C15H27NO2. The number of aliphatic carboxylic acids is 1. The Labute approximate surface area is 111 Å². The number of carboxylic acids is 1. The van der Waals surface area contributed by atoms with Gasteiger partial charge in [-0.1, -0.05) is 33.1 Å². The lowest BCUT2D eigenvalue weighted by atomic mass is 9.93. The average Bonchev–Trinajstić information content (AvgIpc) is 2.67. The Morgan fingerprint density at radius 3 is 2.50 bits per heavy atom. The first-order chi connectivity index (χ1) is 8.59. The summed E-state index contributed by atoms with van der Waals surface area (Å²) in [7, 11) is 0. The zero-order chi connectivity index (χ0) is 13.1. The summed E-state index contributed by atoms with van der Waals surface area (Å²) in [5.41, 5.74) is 0. The summed E-state index contributed by atoms with van der Waals surface area (Å²) >= 11 is 0. The fourth-order valence-electron chi connectivity index (χ4n) is 3.67. The van der Waals surface area contributed by atoms with E-state index in [4.69, 9.17) is 0 Å². The minimum absolute atomic E-state index is 0.126. The minimum atomic E-state index is -0.574. The van der Waals surface area contributed by atoms with Crippen LogP contribution in [-0.2, 0) is 4.79 Å². The fourth-order valence-corrected chi connectivity index (χ4v) is 3.67. The van der Waals surface area contributed by atoms with Crippen molar-refractivity contribution in [3.8, 4) is 0 Å². The third-order valence-electron chi connectivity index (χ3n) is 4.96. The van der Waals surface area contributed by atoms with Gasteiger partial charge in [0, 0.05) is 12.6 Å². The third-order valence-corrected chi connectivity index (χ3v) is 4.96. The number of carboxylic acid groups (broad SMARTS) is 1. The number of rotatable bonds is 3. The smallest absolute Gasteiger partial charge is 0.308 e. The number of hydrogen-bond donors (Lipinski definition) is 1. The standard InChI is InChI=1S/C15H27NO2/c1-11(2)12-8-9-16(10-12)14-7-5-3-4-6-13(14)15(17)18/h11-14H,3-10H2,1-2H3,(H,17,18). The predicted octanol–water partition coefficient (Wildman–Crippen LogP) is 3.00. The Bertz CT molecular complexity index is 290. The van der Waals surface area contributed by atoms with Gasteiger partial charge in [-0.25, -0.2) is 0 Å². The molecule has 0 amide bonds. The van der Waals surface area contributed by atoms with Gasteiger partial charge >= 0.3 is 5.97 Å². The molecule has 2 aliphatic rings. The first-order valence-electron chi connectivity index (χ1n) is 7.56. The summed E-state index contributed by atoms with van der Waals surface area (Å²) < 4.78 is 0.